The molecule has 1 heterocycles. The summed E-state index contributed by atoms with van der Waals surface area (Å²) in [7, 11) is 0. The van der Waals surface area contributed by atoms with Gasteiger partial charge in [-0.3, -0.25) is 14.4 Å². The Bertz CT molecular complexity index is 713. The molecule has 2 N–H and O–H groups in total. The summed E-state index contributed by atoms with van der Waals surface area (Å²) >= 11 is 0. The summed E-state index contributed by atoms with van der Waals surface area (Å²) in [6, 6.07) is 5.66. The van der Waals surface area contributed by atoms with Gasteiger partial charge in [0.25, 0.3) is 5.91 Å². The van der Waals surface area contributed by atoms with E-state index in [4.69, 9.17) is 5.11 Å². The number of hydrazone groups is 1. The summed E-state index contributed by atoms with van der Waals surface area (Å²) in [4.78, 5) is 35.2. The molecule has 134 valence electrons. The molecule has 0 aromatic heterocycles. The fraction of sp³-hybridized carbons (Fsp3) is 0.412. The number of hydrogen-bond donors (Lipinski definition) is 2. The molecule has 1 aromatic rings. The third kappa shape index (κ3) is 4.85. The molecule has 1 aromatic carbocycles. The van der Waals surface area contributed by atoms with E-state index in [2.05, 4.69) is 10.4 Å². The number of nitrogens with zero attached hydrogens (tertiary/aromatic N) is 2. The number of aliphatic carboxylic acids is 1. The molecule has 2 amide bonds. The first kappa shape index (κ1) is 18.6. The highest BCUT2D eigenvalue weighted by atomic mass is 19.1. The molecule has 0 atom stereocenters. The van der Waals surface area contributed by atoms with Crippen LogP contribution in [0.25, 0.3) is 0 Å². The van der Waals surface area contributed by atoms with Crippen molar-refractivity contribution in [1.82, 2.24) is 10.3 Å². The summed E-state index contributed by atoms with van der Waals surface area (Å²) < 4.78 is 12.9. The van der Waals surface area contributed by atoms with E-state index in [1.807, 2.05) is 0 Å². The lowest BCUT2D eigenvalue weighted by atomic mass is 9.94. The molecule has 8 heteroatoms. The van der Waals surface area contributed by atoms with E-state index in [1.165, 1.54) is 31.0 Å². The lowest BCUT2D eigenvalue weighted by Gasteiger charge is -2.24. The molecule has 0 fully saturated rings. The van der Waals surface area contributed by atoms with Crippen molar-refractivity contribution in [2.45, 2.75) is 33.2 Å². The van der Waals surface area contributed by atoms with Crippen molar-refractivity contribution in [3.63, 3.8) is 0 Å². The third-order valence-corrected chi connectivity index (χ3v) is 3.88. The van der Waals surface area contributed by atoms with Gasteiger partial charge in [-0.05, 0) is 31.5 Å². The van der Waals surface area contributed by atoms with Crippen LogP contribution in [0.1, 0.15) is 32.3 Å². The molecule has 0 radical (unpaired) electrons. The predicted octanol–water partition coefficient (Wildman–Crippen LogP) is 1.53. The van der Waals surface area contributed by atoms with Crippen molar-refractivity contribution in [3.05, 3.63) is 35.6 Å². The maximum absolute atomic E-state index is 12.9. The number of halogens is 1. The Morgan fingerprint density at radius 1 is 1.28 bits per heavy atom. The Kier molecular flexibility index (Phi) is 5.51. The topological polar surface area (TPSA) is 99.1 Å². The molecule has 25 heavy (non-hydrogen) atoms. The van der Waals surface area contributed by atoms with Crippen molar-refractivity contribution in [2.75, 3.05) is 6.54 Å². The van der Waals surface area contributed by atoms with Gasteiger partial charge in [-0.1, -0.05) is 12.1 Å². The summed E-state index contributed by atoms with van der Waals surface area (Å²) in [5.74, 6) is -2.12. The molecular weight excluding hydrogens is 329 g/mol. The lowest BCUT2D eigenvalue weighted by molar-refractivity contribution is -0.146. The van der Waals surface area contributed by atoms with Crippen LogP contribution in [-0.4, -0.2) is 40.2 Å². The van der Waals surface area contributed by atoms with E-state index in [-0.39, 0.29) is 43.4 Å². The second-order valence-corrected chi connectivity index (χ2v) is 6.50. The summed E-state index contributed by atoms with van der Waals surface area (Å²) in [5, 5.41) is 16.9. The van der Waals surface area contributed by atoms with E-state index < -0.39 is 17.3 Å². The Balaban J connectivity index is 2.05. The molecule has 0 aliphatic carbocycles. The van der Waals surface area contributed by atoms with Crippen molar-refractivity contribution in [3.8, 4) is 0 Å². The van der Waals surface area contributed by atoms with Gasteiger partial charge in [0, 0.05) is 19.4 Å². The van der Waals surface area contributed by atoms with Crippen LogP contribution in [0.5, 0.6) is 0 Å². The fourth-order valence-electron chi connectivity index (χ4n) is 2.13. The number of carboxylic acids is 1. The van der Waals surface area contributed by atoms with Crippen molar-refractivity contribution in [2.24, 2.45) is 10.5 Å². The molecule has 1 aliphatic rings. The monoisotopic (exact) mass is 349 g/mol. The van der Waals surface area contributed by atoms with Crippen LogP contribution >= 0.6 is 0 Å². The van der Waals surface area contributed by atoms with E-state index in [9.17, 15) is 18.8 Å². The first-order valence-corrected chi connectivity index (χ1v) is 7.83. The van der Waals surface area contributed by atoms with Crippen molar-refractivity contribution in [1.29, 1.82) is 0 Å². The van der Waals surface area contributed by atoms with E-state index >= 15 is 0 Å². The van der Waals surface area contributed by atoms with Gasteiger partial charge < -0.3 is 10.4 Å². The van der Waals surface area contributed by atoms with E-state index in [0.29, 0.717) is 5.56 Å². The number of carbonyl (C=O) groups is 3. The lowest BCUT2D eigenvalue weighted by Crippen LogP contribution is -2.43. The largest absolute Gasteiger partial charge is 0.481 e. The smallest absolute Gasteiger partial charge is 0.310 e. The molecule has 0 spiro atoms. The number of rotatable bonds is 6. The highest BCUT2D eigenvalue weighted by Gasteiger charge is 2.30. The van der Waals surface area contributed by atoms with Crippen molar-refractivity contribution >= 4 is 23.5 Å². The summed E-state index contributed by atoms with van der Waals surface area (Å²) in [6.45, 7) is 3.09. The zero-order chi connectivity index (χ0) is 18.6. The molecule has 7 nitrogen and oxygen atoms in total. The number of nitrogens with one attached hydrogen (secondary N) is 1. The molecule has 2 rings (SSSR count). The molecule has 0 unspecified atom stereocenters. The first-order valence-electron chi connectivity index (χ1n) is 7.83. The number of hydrogen-bond acceptors (Lipinski definition) is 4. The maximum atomic E-state index is 12.9. The zero-order valence-electron chi connectivity index (χ0n) is 14.1. The Labute approximate surface area is 144 Å². The Morgan fingerprint density at radius 3 is 2.52 bits per heavy atom. The molecule has 1 aliphatic heterocycles. The fourth-order valence-corrected chi connectivity index (χ4v) is 2.13. The second kappa shape index (κ2) is 7.42. The SMILES string of the molecule is CC(C)(CNC(=O)C1=NN(Cc2ccc(F)cc2)C(=O)CC1)C(=O)O. The van der Waals surface area contributed by atoms with Crippen LogP contribution in [0.3, 0.4) is 0 Å². The molecule has 0 saturated carbocycles. The zero-order valence-corrected chi connectivity index (χ0v) is 14.1. The quantitative estimate of drug-likeness (QED) is 0.813. The summed E-state index contributed by atoms with van der Waals surface area (Å²) in [6.07, 6.45) is 0.327. The van der Waals surface area contributed by atoms with Crippen molar-refractivity contribution < 1.29 is 23.9 Å². The summed E-state index contributed by atoms with van der Waals surface area (Å²) in [5.41, 5.74) is -0.246. The Morgan fingerprint density at radius 2 is 1.92 bits per heavy atom. The molecule has 0 bridgehead atoms. The van der Waals surface area contributed by atoms with Crippen LogP contribution in [0.15, 0.2) is 29.4 Å². The first-order chi connectivity index (χ1) is 11.7. The minimum Gasteiger partial charge on any atom is -0.481 e. The van der Waals surface area contributed by atoms with E-state index in [1.54, 1.807) is 12.1 Å². The average Bonchev–Trinajstić information content (AvgIpc) is 2.56. The molecule has 0 saturated heterocycles. The Hall–Kier alpha value is -2.77. The highest BCUT2D eigenvalue weighted by Crippen LogP contribution is 2.16. The number of benzene rings is 1. The predicted molar refractivity (Wildman–Crippen MR) is 88.0 cm³/mol. The van der Waals surface area contributed by atoms with Crippen LogP contribution < -0.4 is 5.32 Å². The van der Waals surface area contributed by atoms with Gasteiger partial charge in [0.1, 0.15) is 11.5 Å². The van der Waals surface area contributed by atoms with Crippen LogP contribution in [0.2, 0.25) is 0 Å². The van der Waals surface area contributed by atoms with Gasteiger partial charge in [-0.25, -0.2) is 9.40 Å². The number of carboxylic acid groups (broad SMARTS) is 1. The third-order valence-electron chi connectivity index (χ3n) is 3.88. The highest BCUT2D eigenvalue weighted by molar-refractivity contribution is 6.39. The number of carbonyl (C=O) groups excluding carboxylic acids is 2. The van der Waals surface area contributed by atoms with Gasteiger partial charge >= 0.3 is 5.97 Å². The average molecular weight is 349 g/mol. The van der Waals surface area contributed by atoms with Crippen LogP contribution in [0, 0.1) is 11.2 Å². The van der Waals surface area contributed by atoms with Crippen LogP contribution in [-0.2, 0) is 20.9 Å². The number of amides is 2. The normalized spacial score (nSPS) is 14.9. The van der Waals surface area contributed by atoms with Gasteiger partial charge in [0.15, 0.2) is 0 Å². The van der Waals surface area contributed by atoms with Crippen LogP contribution in [0.4, 0.5) is 4.39 Å². The van der Waals surface area contributed by atoms with Gasteiger partial charge in [0.05, 0.1) is 12.0 Å². The van der Waals surface area contributed by atoms with Gasteiger partial charge in [0.2, 0.25) is 5.91 Å². The van der Waals surface area contributed by atoms with E-state index in [0.717, 1.165) is 0 Å². The van der Waals surface area contributed by atoms with Gasteiger partial charge in [-0.15, -0.1) is 0 Å². The molecular formula is C17H20FN3O4. The van der Waals surface area contributed by atoms with Gasteiger partial charge in [-0.2, -0.15) is 5.10 Å². The minimum absolute atomic E-state index is 0.0495. The standard InChI is InChI=1S/C17H20FN3O4/c1-17(2,16(24)25)10-19-15(23)13-7-8-14(22)21(20-13)9-11-3-5-12(18)6-4-11/h3-6H,7-10H2,1-2H3,(H,19,23)(H,24,25). The minimum atomic E-state index is -1.10. The maximum Gasteiger partial charge on any atom is 0.310 e. The second-order valence-electron chi connectivity index (χ2n) is 6.50.